The molecule has 0 aliphatic carbocycles. The van der Waals surface area contributed by atoms with Gasteiger partial charge in [0.15, 0.2) is 0 Å². The summed E-state index contributed by atoms with van der Waals surface area (Å²) in [7, 11) is 1.21. The molecule has 1 N–H and O–H groups in total. The molecule has 0 fully saturated rings. The van der Waals surface area contributed by atoms with Gasteiger partial charge in [-0.05, 0) is 41.5 Å². The van der Waals surface area contributed by atoms with Crippen LogP contribution in [-0.2, 0) is 19.0 Å². The molecule has 0 atom stereocenters. The molecule has 0 saturated carbocycles. The number of hydrogen-bond donors (Lipinski definition) is 1. The lowest BCUT2D eigenvalue weighted by Crippen LogP contribution is -2.44. The summed E-state index contributed by atoms with van der Waals surface area (Å²) in [6.07, 6.45) is -2.68. The molecule has 0 aromatic carbocycles. The van der Waals surface area contributed by atoms with Gasteiger partial charge < -0.3 is 19.5 Å². The fourth-order valence-corrected chi connectivity index (χ4v) is 1.15. The van der Waals surface area contributed by atoms with E-state index in [1.165, 1.54) is 7.11 Å². The number of hydrogen-bond acceptors (Lipinski definition) is 7. The average molecular weight is 350 g/mol. The molecule has 0 heterocycles. The first-order valence-corrected chi connectivity index (χ1v) is 7.06. The minimum atomic E-state index is -1.01. The Morgan fingerprint density at radius 2 is 1.33 bits per heavy atom. The molecule has 9 nitrogen and oxygen atoms in total. The summed E-state index contributed by atoms with van der Waals surface area (Å²) in [6.45, 7) is 9.76. The van der Waals surface area contributed by atoms with Crippen LogP contribution in [0.15, 0.2) is 0 Å². The molecule has 0 spiro atoms. The van der Waals surface area contributed by atoms with Gasteiger partial charge in [0, 0.05) is 6.54 Å². The summed E-state index contributed by atoms with van der Waals surface area (Å²) in [5.41, 5.74) is -1.63. The van der Waals surface area contributed by atoms with E-state index in [-0.39, 0.29) is 20.6 Å². The van der Waals surface area contributed by atoms with Crippen LogP contribution in [0, 0.1) is 0 Å². The van der Waals surface area contributed by atoms with E-state index < -0.39 is 29.5 Å². The van der Waals surface area contributed by atoms with Gasteiger partial charge in [0.05, 0.1) is 13.7 Å². The van der Waals surface area contributed by atoms with Crippen LogP contribution in [0.1, 0.15) is 49.0 Å². The number of imide groups is 1. The fourth-order valence-electron chi connectivity index (χ4n) is 1.15. The molecule has 9 heteroatoms. The summed E-state index contributed by atoms with van der Waals surface area (Å²) in [5, 5.41) is 2.73. The van der Waals surface area contributed by atoms with Crippen molar-refractivity contribution in [1.29, 1.82) is 0 Å². The van der Waals surface area contributed by atoms with Gasteiger partial charge in [0.25, 0.3) is 0 Å². The Morgan fingerprint density at radius 3 is 1.67 bits per heavy atom. The number of amides is 3. The van der Waals surface area contributed by atoms with Gasteiger partial charge in [0.1, 0.15) is 11.2 Å². The maximum atomic E-state index is 12.0. The maximum absolute atomic E-state index is 12.0. The molecule has 0 saturated heterocycles. The second-order valence-electron chi connectivity index (χ2n) is 6.51. The van der Waals surface area contributed by atoms with E-state index in [1.807, 2.05) is 0 Å². The van der Waals surface area contributed by atoms with Crippen LogP contribution in [0.3, 0.4) is 0 Å². The van der Waals surface area contributed by atoms with Crippen molar-refractivity contribution in [3.05, 3.63) is 0 Å². The van der Waals surface area contributed by atoms with Crippen molar-refractivity contribution in [3.63, 3.8) is 0 Å². The predicted octanol–water partition coefficient (Wildman–Crippen LogP) is 3.08. The number of ether oxygens (including phenoxy) is 3. The highest BCUT2D eigenvalue weighted by molar-refractivity contribution is 5.86. The first-order valence-electron chi connectivity index (χ1n) is 7.06. The fraction of sp³-hybridized carbons (Fsp3) is 0.800. The molecule has 0 aliphatic heterocycles. The predicted molar refractivity (Wildman–Crippen MR) is 87.4 cm³/mol. The maximum Gasteiger partial charge on any atom is 0.444 e. The molecular formula is C15H30N2O7. The standard InChI is InChI=1S/C14H26N2O7.CH4/c1-13(2,3)22-11(18)16(12(19)23-14(4,5)6)21-9-8-15-10(17)20-7;/h8-9H2,1-7H3,(H,15,17);1H4. The van der Waals surface area contributed by atoms with Gasteiger partial charge in [-0.25, -0.2) is 14.4 Å². The molecular weight excluding hydrogens is 320 g/mol. The highest BCUT2D eigenvalue weighted by Gasteiger charge is 2.32. The molecule has 0 rings (SSSR count). The number of nitrogens with one attached hydrogen (secondary N) is 1. The van der Waals surface area contributed by atoms with E-state index in [0.717, 1.165) is 0 Å². The summed E-state index contributed by atoms with van der Waals surface area (Å²) < 4.78 is 14.5. The van der Waals surface area contributed by atoms with Crippen molar-refractivity contribution in [2.24, 2.45) is 0 Å². The second-order valence-corrected chi connectivity index (χ2v) is 6.51. The summed E-state index contributed by atoms with van der Waals surface area (Å²) >= 11 is 0. The van der Waals surface area contributed by atoms with E-state index in [2.05, 4.69) is 10.1 Å². The van der Waals surface area contributed by atoms with Crippen molar-refractivity contribution < 1.29 is 33.4 Å². The third kappa shape index (κ3) is 11.5. The Balaban J connectivity index is 0. The molecule has 0 aromatic heterocycles. The first kappa shape index (κ1) is 24.2. The van der Waals surface area contributed by atoms with Gasteiger partial charge in [-0.1, -0.05) is 12.5 Å². The van der Waals surface area contributed by atoms with E-state index in [9.17, 15) is 14.4 Å². The minimum Gasteiger partial charge on any atom is -0.453 e. The van der Waals surface area contributed by atoms with E-state index >= 15 is 0 Å². The Morgan fingerprint density at radius 1 is 0.917 bits per heavy atom. The van der Waals surface area contributed by atoms with Crippen molar-refractivity contribution in [2.75, 3.05) is 20.3 Å². The topological polar surface area (TPSA) is 103 Å². The van der Waals surface area contributed by atoms with E-state index in [1.54, 1.807) is 41.5 Å². The van der Waals surface area contributed by atoms with Gasteiger partial charge >= 0.3 is 18.3 Å². The molecule has 0 aliphatic rings. The van der Waals surface area contributed by atoms with E-state index in [0.29, 0.717) is 5.06 Å². The van der Waals surface area contributed by atoms with Crippen LogP contribution in [0.4, 0.5) is 14.4 Å². The lowest BCUT2D eigenvalue weighted by atomic mass is 10.2. The number of carbonyl (C=O) groups excluding carboxylic acids is 3. The number of methoxy groups -OCH3 is 1. The first-order chi connectivity index (χ1) is 10.4. The summed E-state index contributed by atoms with van der Waals surface area (Å²) in [4.78, 5) is 40.1. The number of nitrogens with zero attached hydrogens (tertiary/aromatic N) is 1. The Bertz CT molecular complexity index is 397. The van der Waals surface area contributed by atoms with Gasteiger partial charge in [-0.2, -0.15) is 0 Å². The zero-order valence-electron chi connectivity index (χ0n) is 14.7. The minimum absolute atomic E-state index is 0. The molecule has 142 valence electrons. The summed E-state index contributed by atoms with van der Waals surface area (Å²) in [5.74, 6) is 0. The van der Waals surface area contributed by atoms with Gasteiger partial charge in [-0.3, -0.25) is 4.84 Å². The zero-order chi connectivity index (χ0) is 18.3. The van der Waals surface area contributed by atoms with Crippen molar-refractivity contribution in [1.82, 2.24) is 10.4 Å². The molecule has 0 aromatic rings. The number of carbonyl (C=O) groups is 3. The molecule has 24 heavy (non-hydrogen) atoms. The van der Waals surface area contributed by atoms with Crippen LogP contribution in [0.5, 0.6) is 0 Å². The van der Waals surface area contributed by atoms with Crippen LogP contribution < -0.4 is 5.32 Å². The summed E-state index contributed by atoms with van der Waals surface area (Å²) in [6, 6.07) is 0. The van der Waals surface area contributed by atoms with Gasteiger partial charge in [0.2, 0.25) is 0 Å². The smallest absolute Gasteiger partial charge is 0.444 e. The SMILES string of the molecule is C.COC(=O)NCCON(C(=O)OC(C)(C)C)C(=O)OC(C)(C)C. The zero-order valence-corrected chi connectivity index (χ0v) is 14.7. The lowest BCUT2D eigenvalue weighted by molar-refractivity contribution is -0.137. The van der Waals surface area contributed by atoms with Crippen molar-refractivity contribution >= 4 is 18.3 Å². The monoisotopic (exact) mass is 350 g/mol. The Kier molecular flexibility index (Phi) is 10.1. The quantitative estimate of drug-likeness (QED) is 0.472. The highest BCUT2D eigenvalue weighted by atomic mass is 16.8. The molecule has 0 bridgehead atoms. The van der Waals surface area contributed by atoms with Crippen molar-refractivity contribution in [3.8, 4) is 0 Å². The molecule has 0 unspecified atom stereocenters. The van der Waals surface area contributed by atoms with Crippen molar-refractivity contribution in [2.45, 2.75) is 60.2 Å². The number of hydroxylamine groups is 2. The highest BCUT2D eigenvalue weighted by Crippen LogP contribution is 2.14. The van der Waals surface area contributed by atoms with Crippen LogP contribution in [0.25, 0.3) is 0 Å². The molecule has 3 amide bonds. The van der Waals surface area contributed by atoms with E-state index in [4.69, 9.17) is 14.3 Å². The van der Waals surface area contributed by atoms with Crippen LogP contribution in [0.2, 0.25) is 0 Å². The third-order valence-electron chi connectivity index (χ3n) is 1.90. The number of alkyl carbamates (subject to hydrolysis) is 1. The second kappa shape index (κ2) is 9.96. The third-order valence-corrected chi connectivity index (χ3v) is 1.90. The largest absolute Gasteiger partial charge is 0.453 e. The normalized spacial score (nSPS) is 11.0. The Hall–Kier alpha value is -2.03. The van der Waals surface area contributed by atoms with Gasteiger partial charge in [-0.15, -0.1) is 0 Å². The van der Waals surface area contributed by atoms with Crippen LogP contribution in [-0.4, -0.2) is 54.8 Å². The Labute approximate surface area is 143 Å². The lowest BCUT2D eigenvalue weighted by Gasteiger charge is -2.27. The number of rotatable bonds is 4. The van der Waals surface area contributed by atoms with Crippen LogP contribution >= 0.6 is 0 Å². The average Bonchev–Trinajstić information content (AvgIpc) is 2.33. The molecule has 0 radical (unpaired) electrons.